The van der Waals surface area contributed by atoms with Crippen LogP contribution in [0.3, 0.4) is 0 Å². The summed E-state index contributed by atoms with van der Waals surface area (Å²) in [6, 6.07) is 12.9. The molecule has 1 aromatic carbocycles. The number of benzene rings is 1. The van der Waals surface area contributed by atoms with Gasteiger partial charge in [0.25, 0.3) is 0 Å². The minimum atomic E-state index is 0.111. The van der Waals surface area contributed by atoms with Crippen molar-refractivity contribution in [3.8, 4) is 0 Å². The fourth-order valence-corrected chi connectivity index (χ4v) is 3.45. The number of carbonyl (C=O) groups excluding carboxylic acids is 1. The Morgan fingerprint density at radius 3 is 2.54 bits per heavy atom. The molecule has 2 heterocycles. The summed E-state index contributed by atoms with van der Waals surface area (Å²) in [7, 11) is 0. The van der Waals surface area contributed by atoms with Crippen LogP contribution in [0.25, 0.3) is 0 Å². The first-order valence-corrected chi connectivity index (χ1v) is 9.58. The summed E-state index contributed by atoms with van der Waals surface area (Å²) in [6.07, 6.45) is 7.98. The molecular formula is C22H28N2O2. The van der Waals surface area contributed by atoms with Crippen LogP contribution in [-0.4, -0.2) is 30.1 Å². The number of nitrogens with zero attached hydrogens (tertiary/aromatic N) is 1. The Hall–Kier alpha value is -2.20. The van der Waals surface area contributed by atoms with Gasteiger partial charge in [0, 0.05) is 24.7 Å². The van der Waals surface area contributed by atoms with E-state index in [4.69, 9.17) is 4.74 Å². The third kappa shape index (κ3) is 5.40. The van der Waals surface area contributed by atoms with Crippen LogP contribution in [0.2, 0.25) is 0 Å². The summed E-state index contributed by atoms with van der Waals surface area (Å²) in [5.41, 5.74) is 3.90. The lowest BCUT2D eigenvalue weighted by Crippen LogP contribution is -2.40. The van der Waals surface area contributed by atoms with Gasteiger partial charge >= 0.3 is 0 Å². The topological polar surface area (TPSA) is 51.2 Å². The molecule has 0 spiro atoms. The zero-order valence-corrected chi connectivity index (χ0v) is 15.5. The van der Waals surface area contributed by atoms with Crippen molar-refractivity contribution in [1.82, 2.24) is 10.3 Å². The molecule has 138 valence electrons. The standard InChI is InChI=1S/C22H28N2O2/c1-2-17-6-8-18(9-7-17)4-3-5-22(25)24-21-16-26-15-20(21)14-19-10-12-23-13-11-19/h6-13,20-21H,2-5,14-16H2,1H3,(H,24,25)/t20-,21-/m1/s1. The molecule has 1 N–H and O–H groups in total. The first-order valence-electron chi connectivity index (χ1n) is 9.58. The van der Waals surface area contributed by atoms with Gasteiger partial charge in [-0.1, -0.05) is 31.2 Å². The van der Waals surface area contributed by atoms with Crippen molar-refractivity contribution < 1.29 is 9.53 Å². The monoisotopic (exact) mass is 352 g/mol. The molecule has 3 rings (SSSR count). The molecule has 26 heavy (non-hydrogen) atoms. The molecule has 1 aliphatic heterocycles. The number of amides is 1. The van der Waals surface area contributed by atoms with Gasteiger partial charge in [0.15, 0.2) is 0 Å². The van der Waals surface area contributed by atoms with Gasteiger partial charge in [-0.15, -0.1) is 0 Å². The Morgan fingerprint density at radius 2 is 1.81 bits per heavy atom. The third-order valence-corrected chi connectivity index (χ3v) is 5.09. The molecule has 2 atom stereocenters. The molecule has 1 saturated heterocycles. The third-order valence-electron chi connectivity index (χ3n) is 5.09. The second-order valence-corrected chi connectivity index (χ2v) is 7.05. The lowest BCUT2D eigenvalue weighted by atomic mass is 9.95. The zero-order valence-electron chi connectivity index (χ0n) is 15.5. The van der Waals surface area contributed by atoms with Crippen molar-refractivity contribution in [2.24, 2.45) is 5.92 Å². The number of aryl methyl sites for hydroxylation is 2. The van der Waals surface area contributed by atoms with Crippen molar-refractivity contribution in [3.05, 3.63) is 65.5 Å². The van der Waals surface area contributed by atoms with E-state index >= 15 is 0 Å². The normalized spacial score (nSPS) is 19.4. The molecule has 0 unspecified atom stereocenters. The van der Waals surface area contributed by atoms with Gasteiger partial charge in [-0.2, -0.15) is 0 Å². The predicted octanol–water partition coefficient (Wildman–Crippen LogP) is 3.34. The van der Waals surface area contributed by atoms with E-state index in [1.807, 2.05) is 24.5 Å². The number of hydrogen-bond acceptors (Lipinski definition) is 3. The number of pyridine rings is 1. The first kappa shape index (κ1) is 18.6. The Kier molecular flexibility index (Phi) is 6.78. The smallest absolute Gasteiger partial charge is 0.220 e. The first-order chi connectivity index (χ1) is 12.7. The highest BCUT2D eigenvalue weighted by Gasteiger charge is 2.29. The minimum absolute atomic E-state index is 0.111. The molecule has 0 aliphatic carbocycles. The Morgan fingerprint density at radius 1 is 1.08 bits per heavy atom. The number of ether oxygens (including phenoxy) is 1. The number of aromatic nitrogens is 1. The maximum atomic E-state index is 12.3. The van der Waals surface area contributed by atoms with Crippen molar-refractivity contribution in [2.45, 2.75) is 45.1 Å². The van der Waals surface area contributed by atoms with Gasteiger partial charge in [0.05, 0.1) is 19.3 Å². The Bertz CT molecular complexity index is 685. The van der Waals surface area contributed by atoms with Crippen LogP contribution in [0.4, 0.5) is 0 Å². The Balaban J connectivity index is 1.41. The molecule has 0 radical (unpaired) electrons. The van der Waals surface area contributed by atoms with E-state index in [1.165, 1.54) is 16.7 Å². The summed E-state index contributed by atoms with van der Waals surface area (Å²) in [5.74, 6) is 0.466. The second kappa shape index (κ2) is 9.48. The molecule has 0 saturated carbocycles. The lowest BCUT2D eigenvalue weighted by molar-refractivity contribution is -0.122. The molecule has 4 nitrogen and oxygen atoms in total. The maximum absolute atomic E-state index is 12.3. The van der Waals surface area contributed by atoms with Crippen LogP contribution < -0.4 is 5.32 Å². The molecule has 1 fully saturated rings. The van der Waals surface area contributed by atoms with Gasteiger partial charge in [-0.05, 0) is 54.5 Å². The van der Waals surface area contributed by atoms with Crippen LogP contribution in [-0.2, 0) is 28.8 Å². The summed E-state index contributed by atoms with van der Waals surface area (Å²) < 4.78 is 5.61. The number of rotatable bonds is 8. The quantitative estimate of drug-likeness (QED) is 0.793. The van der Waals surface area contributed by atoms with Gasteiger partial charge in [0.2, 0.25) is 5.91 Å². The van der Waals surface area contributed by atoms with Crippen molar-refractivity contribution in [2.75, 3.05) is 13.2 Å². The molecular weight excluding hydrogens is 324 g/mol. The molecule has 1 aromatic heterocycles. The van der Waals surface area contributed by atoms with Crippen LogP contribution in [0, 0.1) is 5.92 Å². The minimum Gasteiger partial charge on any atom is -0.379 e. The number of carbonyl (C=O) groups is 1. The zero-order chi connectivity index (χ0) is 18.2. The highest BCUT2D eigenvalue weighted by atomic mass is 16.5. The fourth-order valence-electron chi connectivity index (χ4n) is 3.45. The van der Waals surface area contributed by atoms with Crippen LogP contribution in [0.15, 0.2) is 48.8 Å². The molecule has 1 amide bonds. The van der Waals surface area contributed by atoms with Gasteiger partial charge in [0.1, 0.15) is 0 Å². The summed E-state index contributed by atoms with van der Waals surface area (Å²) in [5, 5.41) is 3.17. The number of nitrogens with one attached hydrogen (secondary N) is 1. The van der Waals surface area contributed by atoms with E-state index in [1.54, 1.807) is 0 Å². The molecule has 1 aliphatic rings. The highest BCUT2D eigenvalue weighted by molar-refractivity contribution is 5.76. The maximum Gasteiger partial charge on any atom is 0.220 e. The summed E-state index contributed by atoms with van der Waals surface area (Å²) in [6.45, 7) is 3.48. The SMILES string of the molecule is CCc1ccc(CCCC(=O)N[C@@H]2COC[C@H]2Cc2ccncc2)cc1. The van der Waals surface area contributed by atoms with E-state index in [2.05, 4.69) is 41.5 Å². The van der Waals surface area contributed by atoms with E-state index in [9.17, 15) is 4.79 Å². The van der Waals surface area contributed by atoms with Gasteiger partial charge in [-0.3, -0.25) is 9.78 Å². The van der Waals surface area contributed by atoms with E-state index in [-0.39, 0.29) is 11.9 Å². The Labute approximate surface area is 156 Å². The highest BCUT2D eigenvalue weighted by Crippen LogP contribution is 2.19. The van der Waals surface area contributed by atoms with Gasteiger partial charge in [-0.25, -0.2) is 0 Å². The van der Waals surface area contributed by atoms with E-state index < -0.39 is 0 Å². The lowest BCUT2D eigenvalue weighted by Gasteiger charge is -2.19. The van der Waals surface area contributed by atoms with Crippen molar-refractivity contribution >= 4 is 5.91 Å². The summed E-state index contributed by atoms with van der Waals surface area (Å²) >= 11 is 0. The second-order valence-electron chi connectivity index (χ2n) is 7.05. The van der Waals surface area contributed by atoms with Crippen molar-refractivity contribution in [1.29, 1.82) is 0 Å². The predicted molar refractivity (Wildman–Crippen MR) is 103 cm³/mol. The fraction of sp³-hybridized carbons (Fsp3) is 0.455. The van der Waals surface area contributed by atoms with Crippen LogP contribution >= 0.6 is 0 Å². The van der Waals surface area contributed by atoms with Crippen molar-refractivity contribution in [3.63, 3.8) is 0 Å². The molecule has 0 bridgehead atoms. The summed E-state index contributed by atoms with van der Waals surface area (Å²) in [4.78, 5) is 16.4. The van der Waals surface area contributed by atoms with Crippen LogP contribution in [0.1, 0.15) is 36.5 Å². The number of hydrogen-bond donors (Lipinski definition) is 1. The molecule has 4 heteroatoms. The average Bonchev–Trinajstić information content (AvgIpc) is 3.09. The van der Waals surface area contributed by atoms with E-state index in [0.29, 0.717) is 25.6 Å². The molecule has 2 aromatic rings. The largest absolute Gasteiger partial charge is 0.379 e. The van der Waals surface area contributed by atoms with E-state index in [0.717, 1.165) is 25.7 Å². The van der Waals surface area contributed by atoms with Crippen LogP contribution in [0.5, 0.6) is 0 Å². The average molecular weight is 352 g/mol. The van der Waals surface area contributed by atoms with Gasteiger partial charge < -0.3 is 10.1 Å².